The van der Waals surface area contributed by atoms with Crippen molar-refractivity contribution in [2.24, 2.45) is 0 Å². The monoisotopic (exact) mass is 269 g/mol. The number of hydrogen-bond donors (Lipinski definition) is 0. The molecule has 3 heteroatoms. The van der Waals surface area contributed by atoms with Gasteiger partial charge in [-0.15, -0.1) is 0 Å². The molecule has 0 bridgehead atoms. The fourth-order valence-electron chi connectivity index (χ4n) is 2.22. The number of carbonyl (C=O) groups is 1. The highest BCUT2D eigenvalue weighted by atomic mass is 16.5. The molecule has 0 aliphatic carbocycles. The van der Waals surface area contributed by atoms with Gasteiger partial charge < -0.3 is 9.64 Å². The molecule has 2 rings (SSSR count). The van der Waals surface area contributed by atoms with Crippen LogP contribution >= 0.6 is 0 Å². The summed E-state index contributed by atoms with van der Waals surface area (Å²) < 4.78 is 5.35. The average molecular weight is 269 g/mol. The summed E-state index contributed by atoms with van der Waals surface area (Å²) in [4.78, 5) is 14.2. The van der Waals surface area contributed by atoms with Crippen LogP contribution in [0, 0.1) is 0 Å². The van der Waals surface area contributed by atoms with E-state index in [2.05, 4.69) is 0 Å². The maximum atomic E-state index is 12.2. The predicted molar refractivity (Wildman–Crippen MR) is 82.1 cm³/mol. The summed E-state index contributed by atoms with van der Waals surface area (Å²) in [6.45, 7) is 1.86. The van der Waals surface area contributed by atoms with Gasteiger partial charge in [0.1, 0.15) is 5.75 Å². The number of carbonyl (C=O) groups excluding carboxylic acids is 1. The summed E-state index contributed by atoms with van der Waals surface area (Å²) in [6, 6.07) is 15.6. The number of hydrogen-bond acceptors (Lipinski definition) is 3. The Bertz CT molecular complexity index is 593. The third-order valence-corrected chi connectivity index (χ3v) is 3.33. The highest BCUT2D eigenvalue weighted by Gasteiger charge is 2.18. The first kappa shape index (κ1) is 14.1. The molecule has 0 heterocycles. The van der Waals surface area contributed by atoms with E-state index in [0.29, 0.717) is 17.7 Å². The van der Waals surface area contributed by atoms with Gasteiger partial charge in [-0.25, -0.2) is 0 Å². The first-order valence-corrected chi connectivity index (χ1v) is 6.68. The van der Waals surface area contributed by atoms with E-state index in [1.807, 2.05) is 67.4 Å². The van der Waals surface area contributed by atoms with Crippen molar-refractivity contribution >= 4 is 17.2 Å². The van der Waals surface area contributed by atoms with Crippen LogP contribution in [0.25, 0.3) is 0 Å². The van der Waals surface area contributed by atoms with Gasteiger partial charge in [-0.1, -0.05) is 31.2 Å². The molecular formula is C17H19NO2. The lowest BCUT2D eigenvalue weighted by Crippen LogP contribution is -2.14. The first-order valence-electron chi connectivity index (χ1n) is 6.68. The Kier molecular flexibility index (Phi) is 4.41. The molecule has 0 aliphatic rings. The Balaban J connectivity index is 2.53. The van der Waals surface area contributed by atoms with Gasteiger partial charge >= 0.3 is 0 Å². The number of methoxy groups -OCH3 is 1. The summed E-state index contributed by atoms with van der Waals surface area (Å²) in [6.07, 6.45) is 0.454. The van der Waals surface area contributed by atoms with Crippen molar-refractivity contribution in [3.63, 3.8) is 0 Å². The Morgan fingerprint density at radius 1 is 1.10 bits per heavy atom. The van der Waals surface area contributed by atoms with Crippen LogP contribution in [0.1, 0.15) is 23.7 Å². The van der Waals surface area contributed by atoms with Gasteiger partial charge in [0.15, 0.2) is 5.78 Å². The van der Waals surface area contributed by atoms with E-state index in [4.69, 9.17) is 4.74 Å². The standard InChI is InChI=1S/C17H19NO2/c1-4-15(19)17-14(11-8-12-16(17)20-3)18(2)13-9-6-5-7-10-13/h5-12H,4H2,1-3H3. The second-order valence-electron chi connectivity index (χ2n) is 4.53. The minimum Gasteiger partial charge on any atom is -0.496 e. The average Bonchev–Trinajstić information content (AvgIpc) is 2.53. The molecule has 0 amide bonds. The number of nitrogens with zero attached hydrogens (tertiary/aromatic N) is 1. The predicted octanol–water partition coefficient (Wildman–Crippen LogP) is 4.06. The summed E-state index contributed by atoms with van der Waals surface area (Å²) in [5.41, 5.74) is 2.54. The Hall–Kier alpha value is -2.29. The van der Waals surface area contributed by atoms with E-state index in [9.17, 15) is 4.79 Å². The molecule has 0 saturated heterocycles. The molecule has 20 heavy (non-hydrogen) atoms. The van der Waals surface area contributed by atoms with Crippen LogP contribution in [0.3, 0.4) is 0 Å². The van der Waals surface area contributed by atoms with E-state index in [1.54, 1.807) is 7.11 Å². The second-order valence-corrected chi connectivity index (χ2v) is 4.53. The van der Waals surface area contributed by atoms with E-state index >= 15 is 0 Å². The Morgan fingerprint density at radius 3 is 2.40 bits per heavy atom. The number of ether oxygens (including phenoxy) is 1. The van der Waals surface area contributed by atoms with Crippen molar-refractivity contribution in [2.45, 2.75) is 13.3 Å². The van der Waals surface area contributed by atoms with Gasteiger partial charge in [-0.3, -0.25) is 4.79 Å². The molecule has 2 aromatic carbocycles. The lowest BCUT2D eigenvalue weighted by Gasteiger charge is -2.23. The van der Waals surface area contributed by atoms with Crippen LogP contribution in [0.5, 0.6) is 5.75 Å². The molecule has 0 aromatic heterocycles. The normalized spacial score (nSPS) is 10.2. The molecule has 0 saturated carbocycles. The molecule has 2 aromatic rings. The van der Waals surface area contributed by atoms with Crippen LogP contribution in [-0.4, -0.2) is 19.9 Å². The molecule has 0 spiro atoms. The smallest absolute Gasteiger partial charge is 0.168 e. The zero-order valence-corrected chi connectivity index (χ0v) is 12.1. The first-order chi connectivity index (χ1) is 9.69. The van der Waals surface area contributed by atoms with E-state index in [1.165, 1.54) is 0 Å². The highest BCUT2D eigenvalue weighted by molar-refractivity contribution is 6.04. The second kappa shape index (κ2) is 6.24. The minimum atomic E-state index is 0.0835. The largest absolute Gasteiger partial charge is 0.496 e. The molecule has 0 unspecified atom stereocenters. The SMILES string of the molecule is CCC(=O)c1c(OC)cccc1N(C)c1ccccc1. The quantitative estimate of drug-likeness (QED) is 0.767. The number of ketones is 1. The fraction of sp³-hybridized carbons (Fsp3) is 0.235. The van der Waals surface area contributed by atoms with E-state index in [-0.39, 0.29) is 5.78 Å². The Morgan fingerprint density at radius 2 is 1.80 bits per heavy atom. The van der Waals surface area contributed by atoms with Crippen LogP contribution in [0.15, 0.2) is 48.5 Å². The number of anilines is 2. The zero-order valence-electron chi connectivity index (χ0n) is 12.1. The van der Waals surface area contributed by atoms with Crippen LogP contribution in [0.4, 0.5) is 11.4 Å². The summed E-state index contributed by atoms with van der Waals surface area (Å²) >= 11 is 0. The van der Waals surface area contributed by atoms with Crippen molar-refractivity contribution in [1.29, 1.82) is 0 Å². The highest BCUT2D eigenvalue weighted by Crippen LogP contribution is 2.33. The van der Waals surface area contributed by atoms with Crippen molar-refractivity contribution < 1.29 is 9.53 Å². The molecule has 0 N–H and O–H groups in total. The lowest BCUT2D eigenvalue weighted by atomic mass is 10.0. The molecule has 0 fully saturated rings. The van der Waals surface area contributed by atoms with E-state index < -0.39 is 0 Å². The summed E-state index contributed by atoms with van der Waals surface area (Å²) in [5, 5.41) is 0. The summed E-state index contributed by atoms with van der Waals surface area (Å²) in [5.74, 6) is 0.706. The van der Waals surface area contributed by atoms with Gasteiger partial charge in [0.25, 0.3) is 0 Å². The lowest BCUT2D eigenvalue weighted by molar-refractivity contribution is 0.0986. The van der Waals surface area contributed by atoms with Gasteiger partial charge in [0, 0.05) is 19.2 Å². The van der Waals surface area contributed by atoms with Gasteiger partial charge in [-0.2, -0.15) is 0 Å². The van der Waals surface area contributed by atoms with Gasteiger partial charge in [-0.05, 0) is 24.3 Å². The van der Waals surface area contributed by atoms with E-state index in [0.717, 1.165) is 11.4 Å². The number of Topliss-reactive ketones (excluding diaryl/α,β-unsaturated/α-hetero) is 1. The zero-order chi connectivity index (χ0) is 14.5. The number of benzene rings is 2. The Labute approximate surface area is 119 Å². The van der Waals surface area contributed by atoms with Crippen molar-refractivity contribution in [3.05, 3.63) is 54.1 Å². The van der Waals surface area contributed by atoms with Crippen molar-refractivity contribution in [1.82, 2.24) is 0 Å². The van der Waals surface area contributed by atoms with Crippen LogP contribution < -0.4 is 9.64 Å². The molecule has 0 atom stereocenters. The number of rotatable bonds is 5. The molecule has 0 aliphatic heterocycles. The maximum absolute atomic E-state index is 12.2. The fourth-order valence-corrected chi connectivity index (χ4v) is 2.22. The molecule has 104 valence electrons. The molecule has 0 radical (unpaired) electrons. The van der Waals surface area contributed by atoms with Crippen LogP contribution in [0.2, 0.25) is 0 Å². The third kappa shape index (κ3) is 2.67. The topological polar surface area (TPSA) is 29.5 Å². The molecule has 3 nitrogen and oxygen atoms in total. The number of para-hydroxylation sites is 1. The van der Waals surface area contributed by atoms with Gasteiger partial charge in [0.05, 0.1) is 18.4 Å². The maximum Gasteiger partial charge on any atom is 0.168 e. The van der Waals surface area contributed by atoms with Gasteiger partial charge in [0.2, 0.25) is 0 Å². The minimum absolute atomic E-state index is 0.0835. The third-order valence-electron chi connectivity index (χ3n) is 3.33. The van der Waals surface area contributed by atoms with Crippen molar-refractivity contribution in [2.75, 3.05) is 19.1 Å². The van der Waals surface area contributed by atoms with Crippen LogP contribution in [-0.2, 0) is 0 Å². The molecular weight excluding hydrogens is 250 g/mol. The summed E-state index contributed by atoms with van der Waals surface area (Å²) in [7, 11) is 3.55. The van der Waals surface area contributed by atoms with Crippen molar-refractivity contribution in [3.8, 4) is 5.75 Å².